The molecule has 2 N–H and O–H groups in total. The summed E-state index contributed by atoms with van der Waals surface area (Å²) in [5.41, 5.74) is 11.8. The average Bonchev–Trinajstić information content (AvgIpc) is 0.923. The van der Waals surface area contributed by atoms with Gasteiger partial charge in [-0.15, -0.1) is 11.3 Å². The predicted octanol–water partition coefficient (Wildman–Crippen LogP) is 17.9. The largest absolute Gasteiger partial charge is 0.462 e. The van der Waals surface area contributed by atoms with Gasteiger partial charge in [0.05, 0.1) is 39.5 Å². The van der Waals surface area contributed by atoms with Crippen LogP contribution < -0.4 is 36.6 Å². The number of ether oxygens (including phenoxy) is 1. The van der Waals surface area contributed by atoms with Crippen molar-refractivity contribution in [2.45, 2.75) is 48.5 Å². The van der Waals surface area contributed by atoms with Gasteiger partial charge in [0.1, 0.15) is 33.3 Å². The number of nitriles is 1. The molecule has 4 aromatic heterocycles. The summed E-state index contributed by atoms with van der Waals surface area (Å²) in [5, 5.41) is 14.6. The van der Waals surface area contributed by atoms with Gasteiger partial charge in [-0.3, -0.25) is 14.4 Å². The third-order valence-electron chi connectivity index (χ3n) is 17.3. The first-order valence-electron chi connectivity index (χ1n) is 32.6. The number of hydrogen-bond donors (Lipinski definition) is 2. The number of pyridine rings is 2. The summed E-state index contributed by atoms with van der Waals surface area (Å²) in [6.07, 6.45) is 7.22. The minimum absolute atomic E-state index is 0.0322. The molecule has 8 aromatic carbocycles. The molecule has 12 aromatic rings. The molecule has 17 heteroatoms. The number of nitrogens with zero attached hydrogens (tertiary/aromatic N) is 7. The molecular weight excluding hydrogens is 1240 g/mol. The van der Waals surface area contributed by atoms with E-state index in [1.807, 2.05) is 133 Å². The molecule has 2 aliphatic heterocycles. The van der Waals surface area contributed by atoms with E-state index in [0.29, 0.717) is 82.6 Å². The molecular formula is C81H69N9O7S. The normalized spacial score (nSPS) is 12.5. The van der Waals surface area contributed by atoms with Gasteiger partial charge in [-0.25, -0.2) is 24.9 Å². The number of anilines is 3. The number of rotatable bonds is 12. The number of allylic oxidation sites excluding steroid dienone is 6. The molecule has 0 spiro atoms. The van der Waals surface area contributed by atoms with Crippen molar-refractivity contribution in [2.24, 2.45) is 0 Å². The van der Waals surface area contributed by atoms with E-state index in [2.05, 4.69) is 112 Å². The van der Waals surface area contributed by atoms with Crippen LogP contribution in [-0.2, 0) is 4.74 Å². The monoisotopic (exact) mass is 1310 g/mol. The van der Waals surface area contributed by atoms with Gasteiger partial charge in [-0.05, 0) is 169 Å². The Balaban J connectivity index is 0.000000124. The van der Waals surface area contributed by atoms with E-state index < -0.39 is 0 Å². The summed E-state index contributed by atoms with van der Waals surface area (Å²) in [4.78, 5) is 76.2. The van der Waals surface area contributed by atoms with Gasteiger partial charge in [0.2, 0.25) is 0 Å². The lowest BCUT2D eigenvalue weighted by atomic mass is 10.0. The first-order chi connectivity index (χ1) is 47.7. The zero-order chi connectivity index (χ0) is 68.6. The minimum atomic E-state index is -0.344. The SMILES string of the molecule is CCN(CC)c1ccc2cc(-c3nc4ccccc4s3)c(=O)oc2c1.CCN(CC)c1ccc2nc3c4ccccc4c(=O)cc-3oc2c1.O=c1c2ccccc2[nH]c2cc3c(=O)c4ccccc4[nH]c3cc12.[C-]#[N+]/C(C#N)=C1\C=C(C)OC(/C=C/c2ccc(N(CC)CC)cc2)=C1. The fourth-order valence-corrected chi connectivity index (χ4v) is 13.1. The third kappa shape index (κ3) is 13.7. The van der Waals surface area contributed by atoms with Crippen molar-refractivity contribution in [3.63, 3.8) is 0 Å². The molecule has 0 fully saturated rings. The van der Waals surface area contributed by atoms with E-state index in [9.17, 15) is 19.2 Å². The van der Waals surface area contributed by atoms with Crippen molar-refractivity contribution in [1.82, 2.24) is 19.9 Å². The molecule has 15 rings (SSSR count). The van der Waals surface area contributed by atoms with Crippen LogP contribution >= 0.6 is 11.3 Å². The van der Waals surface area contributed by atoms with E-state index in [0.717, 1.165) is 99.4 Å². The molecule has 1 aliphatic carbocycles. The highest BCUT2D eigenvalue weighted by molar-refractivity contribution is 7.21. The average molecular weight is 1310 g/mol. The molecule has 0 bridgehead atoms. The van der Waals surface area contributed by atoms with Crippen molar-refractivity contribution < 1.29 is 13.6 Å². The fourth-order valence-electron chi connectivity index (χ4n) is 12.2. The van der Waals surface area contributed by atoms with Crippen LogP contribution in [0.5, 0.6) is 0 Å². The number of H-pyrrole nitrogens is 2. The molecule has 98 heavy (non-hydrogen) atoms. The standard InChI is InChI=1S/C21H21N3O.C20H18N2O2S.C20H12N2O2.C20H18N2O2/c1-5-24(6-2)19-10-7-17(8-11-19)9-12-20-14-18(13-16(3)25-20)21(15-22)23-4;1-3-22(4-2)14-10-9-13-11-15(20(23)24-17(13)12-14)19-21-16-7-5-6-8-18(16)25-19;23-19-11-5-1-3-7-15(11)21-17-10-14-18(9-13(17)19)22-16-8-4-2-6-12(16)20(14)24;1-3-22(4-2)13-9-10-16-18(11-13)24-19-12-17(23)14-7-5-6-8-15(14)20(19)21-16/h7-14H,5-6H2,1-3H3;5-12H,3-4H2,1-2H3;1-10H,(H,21,23)(H,22,24);5-12H,3-4H2,1-2H3/b12-9+,21-18+;;;. The highest BCUT2D eigenvalue weighted by Gasteiger charge is 2.19. The molecule has 6 heterocycles. The summed E-state index contributed by atoms with van der Waals surface area (Å²) in [6.45, 7) is 27.3. The molecule has 16 nitrogen and oxygen atoms in total. The Kier molecular flexibility index (Phi) is 19.6. The topological polar surface area (TPSA) is 199 Å². The van der Waals surface area contributed by atoms with Crippen LogP contribution in [0, 0.1) is 17.9 Å². The Labute approximate surface area is 568 Å². The second kappa shape index (κ2) is 29.2. The molecule has 486 valence electrons. The fraction of sp³-hybridized carbons (Fsp3) is 0.160. The number of para-hydroxylation sites is 3. The predicted molar refractivity (Wildman–Crippen MR) is 402 cm³/mol. The summed E-state index contributed by atoms with van der Waals surface area (Å²) >= 11 is 1.51. The van der Waals surface area contributed by atoms with Gasteiger partial charge in [-0.2, -0.15) is 0 Å². The second-order valence-electron chi connectivity index (χ2n) is 23.1. The van der Waals surface area contributed by atoms with Crippen molar-refractivity contribution >= 4 is 121 Å². The Morgan fingerprint density at radius 3 is 1.70 bits per heavy atom. The van der Waals surface area contributed by atoms with Gasteiger partial charge < -0.3 is 38.2 Å². The van der Waals surface area contributed by atoms with E-state index >= 15 is 0 Å². The Hall–Kier alpha value is -12.2. The van der Waals surface area contributed by atoms with Gasteiger partial charge in [0.25, 0.3) is 5.70 Å². The third-order valence-corrected chi connectivity index (χ3v) is 18.3. The van der Waals surface area contributed by atoms with Crippen LogP contribution in [0.4, 0.5) is 17.1 Å². The molecule has 0 amide bonds. The lowest BCUT2D eigenvalue weighted by molar-refractivity contribution is 0.318. The van der Waals surface area contributed by atoms with E-state index in [1.165, 1.54) is 23.1 Å². The van der Waals surface area contributed by atoms with Gasteiger partial charge >= 0.3 is 5.63 Å². The smallest absolute Gasteiger partial charge is 0.346 e. The van der Waals surface area contributed by atoms with Gasteiger partial charge in [0, 0.05) is 123 Å². The molecule has 3 aliphatic rings. The molecule has 0 saturated carbocycles. The van der Waals surface area contributed by atoms with Crippen LogP contribution in [0.2, 0.25) is 0 Å². The number of hydrogen-bond acceptors (Lipinski definition) is 14. The number of fused-ring (bicyclic) bond motifs is 10. The number of thiazole rings is 1. The summed E-state index contributed by atoms with van der Waals surface area (Å²) < 4.78 is 18.4. The second-order valence-corrected chi connectivity index (χ2v) is 24.1. The number of nitrogens with one attached hydrogen (secondary N) is 2. The molecule has 0 unspecified atom stereocenters. The minimum Gasteiger partial charge on any atom is -0.462 e. The first kappa shape index (κ1) is 65.9. The zero-order valence-electron chi connectivity index (χ0n) is 55.3. The van der Waals surface area contributed by atoms with Gasteiger partial charge in [-0.1, -0.05) is 78.9 Å². The van der Waals surface area contributed by atoms with Crippen LogP contribution in [0.15, 0.2) is 251 Å². The first-order valence-corrected chi connectivity index (χ1v) is 33.4. The number of benzene rings is 9. The Morgan fingerprint density at radius 2 is 1.10 bits per heavy atom. The van der Waals surface area contributed by atoms with Crippen LogP contribution in [0.1, 0.15) is 54.0 Å². The molecule has 0 radical (unpaired) electrons. The Morgan fingerprint density at radius 1 is 0.551 bits per heavy atom. The van der Waals surface area contributed by atoms with Crippen molar-refractivity contribution in [3.05, 3.63) is 281 Å². The maximum Gasteiger partial charge on any atom is 0.346 e. The van der Waals surface area contributed by atoms with E-state index in [-0.39, 0.29) is 27.6 Å². The van der Waals surface area contributed by atoms with Crippen molar-refractivity contribution in [2.75, 3.05) is 54.0 Å². The molecule has 0 saturated heterocycles. The van der Waals surface area contributed by atoms with Crippen molar-refractivity contribution in [3.8, 4) is 28.1 Å². The lowest BCUT2D eigenvalue weighted by Gasteiger charge is -2.21. The maximum atomic E-state index is 12.8. The summed E-state index contributed by atoms with van der Waals surface area (Å²) in [6, 6.07) is 59.4. The van der Waals surface area contributed by atoms with E-state index in [1.54, 1.807) is 43.3 Å². The van der Waals surface area contributed by atoms with Crippen molar-refractivity contribution in [1.29, 1.82) is 5.26 Å². The van der Waals surface area contributed by atoms with Crippen LogP contribution in [-0.4, -0.2) is 59.2 Å². The number of aromatic nitrogens is 4. The summed E-state index contributed by atoms with van der Waals surface area (Å²) in [7, 11) is 0. The lowest BCUT2D eigenvalue weighted by Crippen LogP contribution is -2.21. The highest BCUT2D eigenvalue weighted by atomic mass is 32.1. The molecule has 0 atom stereocenters. The summed E-state index contributed by atoms with van der Waals surface area (Å²) in [5.74, 6) is 1.80. The Bertz CT molecular complexity index is 5650. The van der Waals surface area contributed by atoms with E-state index in [4.69, 9.17) is 30.4 Å². The maximum absolute atomic E-state index is 12.8. The van der Waals surface area contributed by atoms with Crippen LogP contribution in [0.3, 0.4) is 0 Å². The zero-order valence-corrected chi connectivity index (χ0v) is 56.1. The highest BCUT2D eigenvalue weighted by Crippen LogP contribution is 2.34. The van der Waals surface area contributed by atoms with Crippen LogP contribution in [0.25, 0.3) is 120 Å². The quantitative estimate of drug-likeness (QED) is 0.0385. The van der Waals surface area contributed by atoms with Gasteiger partial charge in [0.15, 0.2) is 27.6 Å². The number of aromatic amines is 2.